The second kappa shape index (κ2) is 8.05. The van der Waals surface area contributed by atoms with E-state index in [9.17, 15) is 13.7 Å². The minimum Gasteiger partial charge on any atom is -0.591 e. The van der Waals surface area contributed by atoms with E-state index >= 15 is 0 Å². The molecule has 0 saturated carbocycles. The first-order valence-corrected chi connectivity index (χ1v) is 11.6. The van der Waals surface area contributed by atoms with Crippen LogP contribution in [0.2, 0.25) is 0 Å². The molecule has 0 radical (unpaired) electrons. The first-order valence-electron chi connectivity index (χ1n) is 10.5. The third kappa shape index (κ3) is 4.07. The maximum Gasteiger partial charge on any atom is 0.203 e. The van der Waals surface area contributed by atoms with Gasteiger partial charge in [-0.3, -0.25) is 4.79 Å². The highest BCUT2D eigenvalue weighted by Crippen LogP contribution is 2.33. The van der Waals surface area contributed by atoms with Gasteiger partial charge in [0.2, 0.25) is 5.88 Å². The van der Waals surface area contributed by atoms with Gasteiger partial charge in [0, 0.05) is 18.7 Å². The summed E-state index contributed by atoms with van der Waals surface area (Å²) < 4.78 is 36.5. The predicted molar refractivity (Wildman–Crippen MR) is 128 cm³/mol. The molecule has 2 aromatic carbocycles. The summed E-state index contributed by atoms with van der Waals surface area (Å²) in [6, 6.07) is 8.45. The first-order chi connectivity index (χ1) is 15.0. The van der Waals surface area contributed by atoms with Crippen molar-refractivity contribution in [2.75, 3.05) is 4.90 Å². The van der Waals surface area contributed by atoms with Crippen LogP contribution >= 0.6 is 0 Å². The van der Waals surface area contributed by atoms with Crippen LogP contribution in [0.25, 0.3) is 11.0 Å². The molecule has 0 amide bonds. The van der Waals surface area contributed by atoms with Gasteiger partial charge >= 0.3 is 0 Å². The summed E-state index contributed by atoms with van der Waals surface area (Å²) >= 11 is -1.44. The fourth-order valence-corrected chi connectivity index (χ4v) is 4.53. The average molecular weight is 455 g/mol. The molecule has 0 unspecified atom stereocenters. The summed E-state index contributed by atoms with van der Waals surface area (Å²) in [6.07, 6.45) is 0. The fourth-order valence-electron chi connectivity index (χ4n) is 3.91. The van der Waals surface area contributed by atoms with Crippen molar-refractivity contribution < 1.29 is 13.4 Å². The Kier molecular flexibility index (Phi) is 5.67. The number of anilines is 1. The molecule has 1 aliphatic rings. The zero-order valence-corrected chi connectivity index (χ0v) is 20.0. The van der Waals surface area contributed by atoms with Crippen molar-refractivity contribution in [2.45, 2.75) is 59.4 Å². The number of halogens is 1. The normalized spacial score (nSPS) is 15.4. The van der Waals surface area contributed by atoms with E-state index in [1.807, 2.05) is 44.7 Å². The standard InChI is InChI=1S/C25H27FN2O3S/c1-14-9-20(16(3)27-32(30)25(4,5)6)23-21(10-14)22(29)15(2)24(31-23)28-12-17-7-8-19(26)11-18(17)13-28/h7-11H,12-13H2,1-6H3/b27-16-/t32-/m0/s1. The van der Waals surface area contributed by atoms with Gasteiger partial charge in [-0.2, -0.15) is 0 Å². The highest BCUT2D eigenvalue weighted by atomic mass is 32.2. The molecule has 0 N–H and O–H groups in total. The minimum atomic E-state index is -1.44. The summed E-state index contributed by atoms with van der Waals surface area (Å²) in [4.78, 5) is 15.2. The van der Waals surface area contributed by atoms with E-state index in [0.29, 0.717) is 46.8 Å². The molecule has 2 heterocycles. The van der Waals surface area contributed by atoms with Crippen LogP contribution < -0.4 is 10.3 Å². The molecule has 0 saturated heterocycles. The Morgan fingerprint density at radius 3 is 2.53 bits per heavy atom. The summed E-state index contributed by atoms with van der Waals surface area (Å²) in [5, 5.41) is 0.472. The largest absolute Gasteiger partial charge is 0.591 e. The topological polar surface area (TPSA) is 68.9 Å². The van der Waals surface area contributed by atoms with Crippen molar-refractivity contribution in [3.8, 4) is 0 Å². The van der Waals surface area contributed by atoms with Gasteiger partial charge in [0.05, 0.1) is 16.7 Å². The molecule has 0 fully saturated rings. The summed E-state index contributed by atoms with van der Waals surface area (Å²) in [5.41, 5.74) is 4.82. The van der Waals surface area contributed by atoms with Gasteiger partial charge in [0.1, 0.15) is 27.5 Å². The van der Waals surface area contributed by atoms with Gasteiger partial charge in [0.25, 0.3) is 0 Å². The zero-order valence-electron chi connectivity index (χ0n) is 19.2. The number of hydrogen-bond donors (Lipinski definition) is 0. The molecule has 1 aliphatic heterocycles. The lowest BCUT2D eigenvalue weighted by Gasteiger charge is -2.20. The Morgan fingerprint density at radius 2 is 1.84 bits per heavy atom. The number of benzene rings is 2. The van der Waals surface area contributed by atoms with Crippen LogP contribution in [0.15, 0.2) is 43.9 Å². The van der Waals surface area contributed by atoms with E-state index in [1.54, 1.807) is 19.9 Å². The van der Waals surface area contributed by atoms with Crippen LogP contribution in [-0.2, 0) is 24.5 Å². The van der Waals surface area contributed by atoms with Crippen molar-refractivity contribution in [1.29, 1.82) is 0 Å². The second-order valence-electron chi connectivity index (χ2n) is 9.36. The van der Waals surface area contributed by atoms with E-state index in [0.717, 1.165) is 16.7 Å². The molecule has 0 bridgehead atoms. The third-order valence-corrected chi connectivity index (χ3v) is 7.14. The summed E-state index contributed by atoms with van der Waals surface area (Å²) in [6.45, 7) is 12.0. The predicted octanol–water partition coefficient (Wildman–Crippen LogP) is 5.34. The quantitative estimate of drug-likeness (QED) is 0.396. The van der Waals surface area contributed by atoms with Gasteiger partial charge in [-0.15, -0.1) is 0 Å². The average Bonchev–Trinajstić information content (AvgIpc) is 3.12. The summed E-state index contributed by atoms with van der Waals surface area (Å²) in [7, 11) is 0. The van der Waals surface area contributed by atoms with Gasteiger partial charge < -0.3 is 13.9 Å². The van der Waals surface area contributed by atoms with E-state index in [2.05, 4.69) is 4.40 Å². The maximum absolute atomic E-state index is 13.7. The number of fused-ring (bicyclic) bond motifs is 2. The molecule has 1 atom stereocenters. The molecular formula is C25H27FN2O3S. The van der Waals surface area contributed by atoms with E-state index < -0.39 is 16.1 Å². The number of hydrogen-bond acceptors (Lipinski definition) is 5. The maximum atomic E-state index is 13.7. The summed E-state index contributed by atoms with van der Waals surface area (Å²) in [5.74, 6) is 0.188. The highest BCUT2D eigenvalue weighted by Gasteiger charge is 2.28. The molecule has 168 valence electrons. The lowest BCUT2D eigenvalue weighted by molar-refractivity contribution is 0.561. The molecule has 0 aliphatic carbocycles. The Labute approximate surface area is 190 Å². The van der Waals surface area contributed by atoms with Crippen molar-refractivity contribution >= 4 is 33.9 Å². The lowest BCUT2D eigenvalue weighted by Crippen LogP contribution is -2.26. The van der Waals surface area contributed by atoms with E-state index in [-0.39, 0.29) is 11.2 Å². The molecule has 0 spiro atoms. The van der Waals surface area contributed by atoms with Crippen LogP contribution in [0.4, 0.5) is 10.3 Å². The van der Waals surface area contributed by atoms with Gasteiger partial charge in [-0.25, -0.2) is 4.39 Å². The zero-order chi connectivity index (χ0) is 23.4. The van der Waals surface area contributed by atoms with E-state index in [1.165, 1.54) is 12.1 Å². The monoisotopic (exact) mass is 454 g/mol. The molecule has 32 heavy (non-hydrogen) atoms. The molecule has 4 rings (SSSR count). The molecule has 5 nitrogen and oxygen atoms in total. The third-order valence-electron chi connectivity index (χ3n) is 5.65. The van der Waals surface area contributed by atoms with Crippen molar-refractivity contribution in [3.05, 3.63) is 74.2 Å². The number of nitrogens with zero attached hydrogens (tertiary/aromatic N) is 2. The Morgan fingerprint density at radius 1 is 1.16 bits per heavy atom. The molecule has 7 heteroatoms. The van der Waals surface area contributed by atoms with Crippen LogP contribution in [-0.4, -0.2) is 15.0 Å². The Balaban J connectivity index is 1.87. The van der Waals surface area contributed by atoms with Crippen molar-refractivity contribution in [1.82, 2.24) is 0 Å². The molecule has 3 aromatic rings. The van der Waals surface area contributed by atoms with Gasteiger partial charge in [-0.1, -0.05) is 10.5 Å². The van der Waals surface area contributed by atoms with E-state index in [4.69, 9.17) is 4.42 Å². The fraction of sp³-hybridized carbons (Fsp3) is 0.360. The van der Waals surface area contributed by atoms with Gasteiger partial charge in [0.15, 0.2) is 5.43 Å². The molecule has 1 aromatic heterocycles. The first kappa shape index (κ1) is 22.6. The second-order valence-corrected chi connectivity index (χ2v) is 11.3. The van der Waals surface area contributed by atoms with Crippen molar-refractivity contribution in [2.24, 2.45) is 4.40 Å². The smallest absolute Gasteiger partial charge is 0.203 e. The minimum absolute atomic E-state index is 0.113. The SMILES string of the molecule is C/C(=N/[S@@+]([O-])C(C)(C)C)c1cc(C)cc2c(=O)c(C)c(N3Cc4ccc(F)cc4C3)oc12. The van der Waals surface area contributed by atoms with Crippen LogP contribution in [0.1, 0.15) is 55.5 Å². The number of rotatable bonds is 3. The lowest BCUT2D eigenvalue weighted by atomic mass is 10.0. The van der Waals surface area contributed by atoms with Crippen LogP contribution in [0.3, 0.4) is 0 Å². The number of aryl methyl sites for hydroxylation is 1. The molecular weight excluding hydrogens is 427 g/mol. The van der Waals surface area contributed by atoms with Gasteiger partial charge in [-0.05, 0) is 82.5 Å². The Bertz CT molecular complexity index is 1310. The van der Waals surface area contributed by atoms with Crippen LogP contribution in [0.5, 0.6) is 0 Å². The van der Waals surface area contributed by atoms with Crippen molar-refractivity contribution in [3.63, 3.8) is 0 Å². The highest BCUT2D eigenvalue weighted by molar-refractivity contribution is 7.91. The Hall–Kier alpha value is -2.64. The van der Waals surface area contributed by atoms with Crippen LogP contribution in [0, 0.1) is 19.7 Å².